The number of aromatic nitrogens is 2. The molecule has 1 aromatic rings. The highest BCUT2D eigenvalue weighted by Crippen LogP contribution is 2.28. The highest BCUT2D eigenvalue weighted by molar-refractivity contribution is 5.58. The number of hydrogen-bond acceptors (Lipinski definition) is 4. The molecule has 0 radical (unpaired) electrons. The molecule has 1 aromatic heterocycles. The van der Waals surface area contributed by atoms with Crippen LogP contribution in [-0.2, 0) is 0 Å². The summed E-state index contributed by atoms with van der Waals surface area (Å²) in [5.41, 5.74) is 1.18. The standard InChI is InChI=1S/C14H26N4/c1-6-11(5)8-16-14-12(10(3)4)13(15-7-2)17-9-18-14/h9-11H,6-8H2,1-5H3,(H2,15,16,17,18). The number of nitrogens with zero attached hydrogens (tertiary/aromatic N) is 2. The van der Waals surface area contributed by atoms with Crippen LogP contribution in [0.1, 0.15) is 52.5 Å². The third-order valence-corrected chi connectivity index (χ3v) is 3.12. The van der Waals surface area contributed by atoms with E-state index in [1.807, 2.05) is 0 Å². The van der Waals surface area contributed by atoms with Gasteiger partial charge in [-0.3, -0.25) is 0 Å². The van der Waals surface area contributed by atoms with Crippen molar-refractivity contribution in [2.75, 3.05) is 23.7 Å². The molecule has 1 atom stereocenters. The van der Waals surface area contributed by atoms with Crippen LogP contribution < -0.4 is 10.6 Å². The second-order valence-electron chi connectivity index (χ2n) is 5.06. The van der Waals surface area contributed by atoms with Crippen molar-refractivity contribution >= 4 is 11.6 Å². The van der Waals surface area contributed by atoms with Gasteiger partial charge in [0.1, 0.15) is 18.0 Å². The lowest BCUT2D eigenvalue weighted by molar-refractivity contribution is 0.591. The molecule has 0 bridgehead atoms. The predicted octanol–water partition coefficient (Wildman–Crippen LogP) is 3.49. The summed E-state index contributed by atoms with van der Waals surface area (Å²) in [6.07, 6.45) is 2.80. The van der Waals surface area contributed by atoms with E-state index < -0.39 is 0 Å². The zero-order valence-electron chi connectivity index (χ0n) is 12.2. The van der Waals surface area contributed by atoms with Crippen LogP contribution in [0.5, 0.6) is 0 Å². The van der Waals surface area contributed by atoms with E-state index in [1.54, 1.807) is 6.33 Å². The predicted molar refractivity (Wildman–Crippen MR) is 78.2 cm³/mol. The van der Waals surface area contributed by atoms with E-state index >= 15 is 0 Å². The van der Waals surface area contributed by atoms with Crippen molar-refractivity contribution in [3.05, 3.63) is 11.9 Å². The minimum absolute atomic E-state index is 0.402. The zero-order valence-corrected chi connectivity index (χ0v) is 12.2. The minimum atomic E-state index is 0.402. The molecule has 0 spiro atoms. The quantitative estimate of drug-likeness (QED) is 0.777. The third-order valence-electron chi connectivity index (χ3n) is 3.12. The van der Waals surface area contributed by atoms with Gasteiger partial charge in [0.15, 0.2) is 0 Å². The van der Waals surface area contributed by atoms with Gasteiger partial charge in [0.2, 0.25) is 0 Å². The minimum Gasteiger partial charge on any atom is -0.370 e. The van der Waals surface area contributed by atoms with Gasteiger partial charge >= 0.3 is 0 Å². The first kappa shape index (κ1) is 14.7. The summed E-state index contributed by atoms with van der Waals surface area (Å²) in [6.45, 7) is 12.7. The van der Waals surface area contributed by atoms with Gasteiger partial charge in [0, 0.05) is 18.7 Å². The Kier molecular flexibility index (Phi) is 5.89. The number of rotatable bonds is 7. The molecule has 2 N–H and O–H groups in total. The smallest absolute Gasteiger partial charge is 0.134 e. The van der Waals surface area contributed by atoms with E-state index in [-0.39, 0.29) is 0 Å². The summed E-state index contributed by atoms with van der Waals surface area (Å²) < 4.78 is 0. The van der Waals surface area contributed by atoms with Crippen molar-refractivity contribution in [2.24, 2.45) is 5.92 Å². The van der Waals surface area contributed by atoms with Gasteiger partial charge in [-0.15, -0.1) is 0 Å². The zero-order chi connectivity index (χ0) is 13.5. The topological polar surface area (TPSA) is 49.8 Å². The normalized spacial score (nSPS) is 12.6. The lowest BCUT2D eigenvalue weighted by Crippen LogP contribution is -2.15. The summed E-state index contributed by atoms with van der Waals surface area (Å²) in [5, 5.41) is 6.76. The average Bonchev–Trinajstić information content (AvgIpc) is 2.36. The molecule has 0 aliphatic heterocycles. The van der Waals surface area contributed by atoms with Crippen molar-refractivity contribution < 1.29 is 0 Å². The molecule has 1 rings (SSSR count). The average molecular weight is 250 g/mol. The van der Waals surface area contributed by atoms with Crippen LogP contribution in [-0.4, -0.2) is 23.1 Å². The molecule has 0 amide bonds. The maximum atomic E-state index is 4.39. The summed E-state index contributed by atoms with van der Waals surface area (Å²) in [4.78, 5) is 8.72. The van der Waals surface area contributed by atoms with E-state index in [9.17, 15) is 0 Å². The molecular weight excluding hydrogens is 224 g/mol. The lowest BCUT2D eigenvalue weighted by Gasteiger charge is -2.18. The molecule has 0 saturated heterocycles. The maximum absolute atomic E-state index is 4.39. The largest absolute Gasteiger partial charge is 0.370 e. The summed E-state index contributed by atoms with van der Waals surface area (Å²) in [5.74, 6) is 2.98. The van der Waals surface area contributed by atoms with Crippen molar-refractivity contribution in [2.45, 2.75) is 47.0 Å². The molecule has 102 valence electrons. The number of anilines is 2. The monoisotopic (exact) mass is 250 g/mol. The summed E-state index contributed by atoms with van der Waals surface area (Å²) >= 11 is 0. The van der Waals surface area contributed by atoms with E-state index in [2.05, 4.69) is 55.2 Å². The highest BCUT2D eigenvalue weighted by atomic mass is 15.1. The van der Waals surface area contributed by atoms with Gasteiger partial charge in [-0.25, -0.2) is 9.97 Å². The van der Waals surface area contributed by atoms with Crippen LogP contribution in [0.3, 0.4) is 0 Å². The first-order valence-corrected chi connectivity index (χ1v) is 6.92. The molecule has 1 unspecified atom stereocenters. The molecular formula is C14H26N4. The van der Waals surface area contributed by atoms with Crippen molar-refractivity contribution in [1.29, 1.82) is 0 Å². The first-order chi connectivity index (χ1) is 8.60. The molecule has 0 aromatic carbocycles. The van der Waals surface area contributed by atoms with Crippen molar-refractivity contribution in [3.8, 4) is 0 Å². The van der Waals surface area contributed by atoms with E-state index in [1.165, 1.54) is 12.0 Å². The fraction of sp³-hybridized carbons (Fsp3) is 0.714. The Labute approximate surface area is 111 Å². The van der Waals surface area contributed by atoms with Gasteiger partial charge in [0.25, 0.3) is 0 Å². The van der Waals surface area contributed by atoms with Gasteiger partial charge in [0.05, 0.1) is 0 Å². The fourth-order valence-corrected chi connectivity index (χ4v) is 1.81. The Hall–Kier alpha value is -1.32. The molecule has 18 heavy (non-hydrogen) atoms. The number of hydrogen-bond donors (Lipinski definition) is 2. The van der Waals surface area contributed by atoms with Crippen molar-refractivity contribution in [1.82, 2.24) is 9.97 Å². The SMILES string of the molecule is CCNc1ncnc(NCC(C)CC)c1C(C)C. The Morgan fingerprint density at radius 2 is 1.67 bits per heavy atom. The second kappa shape index (κ2) is 7.19. The molecule has 4 heteroatoms. The Morgan fingerprint density at radius 1 is 1.06 bits per heavy atom. The van der Waals surface area contributed by atoms with Gasteiger partial charge < -0.3 is 10.6 Å². The lowest BCUT2D eigenvalue weighted by atomic mass is 10.0. The molecule has 0 aliphatic rings. The third kappa shape index (κ3) is 3.86. The maximum Gasteiger partial charge on any atom is 0.134 e. The fourth-order valence-electron chi connectivity index (χ4n) is 1.81. The summed E-state index contributed by atoms with van der Waals surface area (Å²) in [7, 11) is 0. The van der Waals surface area contributed by atoms with Gasteiger partial charge in [-0.1, -0.05) is 34.1 Å². The van der Waals surface area contributed by atoms with E-state index in [0.29, 0.717) is 11.8 Å². The van der Waals surface area contributed by atoms with Crippen LogP contribution >= 0.6 is 0 Å². The van der Waals surface area contributed by atoms with Crippen LogP contribution in [0, 0.1) is 5.92 Å². The second-order valence-corrected chi connectivity index (χ2v) is 5.06. The van der Waals surface area contributed by atoms with Crippen LogP contribution in [0.25, 0.3) is 0 Å². The Balaban J connectivity index is 2.92. The highest BCUT2D eigenvalue weighted by Gasteiger charge is 2.14. The molecule has 0 aliphatic carbocycles. The van der Waals surface area contributed by atoms with Crippen LogP contribution in [0.15, 0.2) is 6.33 Å². The van der Waals surface area contributed by atoms with Crippen LogP contribution in [0.2, 0.25) is 0 Å². The molecule has 1 heterocycles. The molecule has 0 fully saturated rings. The van der Waals surface area contributed by atoms with Crippen LogP contribution in [0.4, 0.5) is 11.6 Å². The Morgan fingerprint density at radius 3 is 2.17 bits per heavy atom. The van der Waals surface area contributed by atoms with E-state index in [4.69, 9.17) is 0 Å². The first-order valence-electron chi connectivity index (χ1n) is 6.92. The Bertz CT molecular complexity index is 363. The van der Waals surface area contributed by atoms with Gasteiger partial charge in [-0.05, 0) is 18.8 Å². The molecule has 0 saturated carbocycles. The van der Waals surface area contributed by atoms with Gasteiger partial charge in [-0.2, -0.15) is 0 Å². The molecule has 4 nitrogen and oxygen atoms in total. The number of nitrogens with one attached hydrogen (secondary N) is 2. The summed E-state index contributed by atoms with van der Waals surface area (Å²) in [6, 6.07) is 0. The van der Waals surface area contributed by atoms with Crippen molar-refractivity contribution in [3.63, 3.8) is 0 Å². The van der Waals surface area contributed by atoms with E-state index in [0.717, 1.165) is 24.7 Å².